The Morgan fingerprint density at radius 3 is 2.57 bits per heavy atom. The second-order valence-corrected chi connectivity index (χ2v) is 5.64. The normalized spacial score (nSPS) is 20.0. The molecular formula is C16H22N2O3. The molecule has 1 aromatic rings. The highest BCUT2D eigenvalue weighted by atomic mass is 16.5. The Hall–Kier alpha value is -2.04. The molecule has 1 aliphatic carbocycles. The lowest BCUT2D eigenvalue weighted by molar-refractivity contribution is -0.127. The molecule has 1 fully saturated rings. The van der Waals surface area contributed by atoms with E-state index in [0.717, 1.165) is 11.3 Å². The number of nitrogens with one attached hydrogen (secondary N) is 2. The largest absolute Gasteiger partial charge is 0.496 e. The van der Waals surface area contributed by atoms with Gasteiger partial charge < -0.3 is 15.4 Å². The Morgan fingerprint density at radius 2 is 1.90 bits per heavy atom. The molecule has 1 aromatic carbocycles. The summed E-state index contributed by atoms with van der Waals surface area (Å²) in [7, 11) is 1.60. The van der Waals surface area contributed by atoms with Crippen LogP contribution in [0.4, 0.5) is 0 Å². The highest BCUT2D eigenvalue weighted by molar-refractivity contribution is 5.92. The summed E-state index contributed by atoms with van der Waals surface area (Å²) in [5, 5.41) is 5.72. The number of carbonyl (C=O) groups excluding carboxylic acids is 2. The lowest BCUT2D eigenvalue weighted by atomic mass is 10.2. The van der Waals surface area contributed by atoms with E-state index in [1.165, 1.54) is 0 Å². The van der Waals surface area contributed by atoms with Crippen LogP contribution in [0.25, 0.3) is 0 Å². The van der Waals surface area contributed by atoms with Crippen LogP contribution in [0.15, 0.2) is 24.3 Å². The standard InChI is InChI=1S/C16H22N2O3/c1-10(2)18-16(20)13-8-12(13)15(19)17-9-11-6-4-5-7-14(11)21-3/h4-7,10,12-13H,8-9H2,1-3H3,(H,17,19)(H,18,20). The SMILES string of the molecule is COc1ccccc1CNC(=O)C1CC1C(=O)NC(C)C. The van der Waals surface area contributed by atoms with E-state index in [-0.39, 0.29) is 29.7 Å². The van der Waals surface area contributed by atoms with E-state index in [9.17, 15) is 9.59 Å². The number of methoxy groups -OCH3 is 1. The van der Waals surface area contributed by atoms with E-state index >= 15 is 0 Å². The van der Waals surface area contributed by atoms with Crippen LogP contribution in [0.1, 0.15) is 25.8 Å². The third-order valence-electron chi connectivity index (χ3n) is 3.54. The fourth-order valence-electron chi connectivity index (χ4n) is 2.33. The number of ether oxygens (including phenoxy) is 1. The van der Waals surface area contributed by atoms with Crippen molar-refractivity contribution in [2.24, 2.45) is 11.8 Å². The number of carbonyl (C=O) groups is 2. The average molecular weight is 290 g/mol. The third kappa shape index (κ3) is 3.97. The van der Waals surface area contributed by atoms with E-state index in [2.05, 4.69) is 10.6 Å². The molecule has 114 valence electrons. The van der Waals surface area contributed by atoms with E-state index in [4.69, 9.17) is 4.74 Å². The van der Waals surface area contributed by atoms with Crippen LogP contribution in [0.5, 0.6) is 5.75 Å². The van der Waals surface area contributed by atoms with Gasteiger partial charge in [0.1, 0.15) is 5.75 Å². The molecule has 0 spiro atoms. The Kier molecular flexibility index (Phi) is 4.83. The van der Waals surface area contributed by atoms with E-state index in [1.807, 2.05) is 38.1 Å². The van der Waals surface area contributed by atoms with Crippen molar-refractivity contribution in [3.05, 3.63) is 29.8 Å². The molecule has 2 rings (SSSR count). The maximum absolute atomic E-state index is 12.0. The first-order valence-corrected chi connectivity index (χ1v) is 7.23. The minimum atomic E-state index is -0.196. The Bertz CT molecular complexity index is 528. The molecule has 0 radical (unpaired) electrons. The van der Waals surface area contributed by atoms with Crippen molar-refractivity contribution in [1.82, 2.24) is 10.6 Å². The van der Waals surface area contributed by atoms with Gasteiger partial charge in [-0.25, -0.2) is 0 Å². The quantitative estimate of drug-likeness (QED) is 0.834. The number of hydrogen-bond donors (Lipinski definition) is 2. The average Bonchev–Trinajstić information content (AvgIpc) is 3.25. The summed E-state index contributed by atoms with van der Waals surface area (Å²) in [6.45, 7) is 4.24. The van der Waals surface area contributed by atoms with Gasteiger partial charge in [0, 0.05) is 18.2 Å². The predicted molar refractivity (Wildman–Crippen MR) is 79.7 cm³/mol. The summed E-state index contributed by atoms with van der Waals surface area (Å²) in [4.78, 5) is 23.8. The first-order chi connectivity index (χ1) is 10.0. The van der Waals surface area contributed by atoms with Crippen LogP contribution < -0.4 is 15.4 Å². The van der Waals surface area contributed by atoms with Gasteiger partial charge in [-0.05, 0) is 26.3 Å². The maximum Gasteiger partial charge on any atom is 0.224 e. The van der Waals surface area contributed by atoms with Crippen LogP contribution in [0, 0.1) is 11.8 Å². The van der Waals surface area contributed by atoms with E-state index in [0.29, 0.717) is 13.0 Å². The summed E-state index contributed by atoms with van der Waals surface area (Å²) in [6.07, 6.45) is 0.635. The monoisotopic (exact) mass is 290 g/mol. The summed E-state index contributed by atoms with van der Waals surface area (Å²) in [5.74, 6) is 0.290. The molecule has 21 heavy (non-hydrogen) atoms. The smallest absolute Gasteiger partial charge is 0.224 e. The summed E-state index contributed by atoms with van der Waals surface area (Å²) in [5.41, 5.74) is 0.928. The molecule has 2 unspecified atom stereocenters. The summed E-state index contributed by atoms with van der Waals surface area (Å²) >= 11 is 0. The molecule has 0 aliphatic heterocycles. The zero-order valence-corrected chi connectivity index (χ0v) is 12.7. The molecule has 1 saturated carbocycles. The molecule has 5 nitrogen and oxygen atoms in total. The van der Waals surface area contributed by atoms with Gasteiger partial charge in [-0.3, -0.25) is 9.59 Å². The molecule has 0 bridgehead atoms. The maximum atomic E-state index is 12.0. The zero-order valence-electron chi connectivity index (χ0n) is 12.7. The lowest BCUT2D eigenvalue weighted by Crippen LogP contribution is -2.33. The lowest BCUT2D eigenvalue weighted by Gasteiger charge is -2.10. The first-order valence-electron chi connectivity index (χ1n) is 7.23. The van der Waals surface area contributed by atoms with Crippen LogP contribution in [0.2, 0.25) is 0 Å². The number of para-hydroxylation sites is 1. The van der Waals surface area contributed by atoms with Gasteiger partial charge in [0.2, 0.25) is 11.8 Å². The zero-order chi connectivity index (χ0) is 15.4. The molecule has 0 heterocycles. The second-order valence-electron chi connectivity index (χ2n) is 5.64. The third-order valence-corrected chi connectivity index (χ3v) is 3.54. The topological polar surface area (TPSA) is 67.4 Å². The Labute approximate surface area is 125 Å². The molecule has 2 atom stereocenters. The Morgan fingerprint density at radius 1 is 1.24 bits per heavy atom. The molecule has 2 N–H and O–H groups in total. The predicted octanol–water partition coefficient (Wildman–Crippen LogP) is 1.47. The molecule has 0 aromatic heterocycles. The van der Waals surface area contributed by atoms with Crippen LogP contribution in [-0.4, -0.2) is 25.0 Å². The van der Waals surface area contributed by atoms with Gasteiger partial charge in [-0.15, -0.1) is 0 Å². The fourth-order valence-corrected chi connectivity index (χ4v) is 2.33. The number of amides is 2. The van der Waals surface area contributed by atoms with Crippen molar-refractivity contribution in [3.63, 3.8) is 0 Å². The summed E-state index contributed by atoms with van der Waals surface area (Å²) in [6, 6.07) is 7.67. The van der Waals surface area contributed by atoms with Crippen molar-refractivity contribution >= 4 is 11.8 Å². The van der Waals surface area contributed by atoms with Gasteiger partial charge in [-0.2, -0.15) is 0 Å². The van der Waals surface area contributed by atoms with Gasteiger partial charge >= 0.3 is 0 Å². The Balaban J connectivity index is 1.83. The van der Waals surface area contributed by atoms with Crippen LogP contribution in [0.3, 0.4) is 0 Å². The number of benzene rings is 1. The van der Waals surface area contributed by atoms with Crippen molar-refractivity contribution < 1.29 is 14.3 Å². The number of rotatable bonds is 6. The van der Waals surface area contributed by atoms with Crippen LogP contribution >= 0.6 is 0 Å². The number of hydrogen-bond acceptors (Lipinski definition) is 3. The molecule has 2 amide bonds. The minimum absolute atomic E-state index is 0.0255. The van der Waals surface area contributed by atoms with Crippen molar-refractivity contribution in [2.45, 2.75) is 32.9 Å². The van der Waals surface area contributed by atoms with Gasteiger partial charge in [-0.1, -0.05) is 18.2 Å². The molecule has 1 aliphatic rings. The van der Waals surface area contributed by atoms with Crippen molar-refractivity contribution in [3.8, 4) is 5.75 Å². The fraction of sp³-hybridized carbons (Fsp3) is 0.500. The second kappa shape index (κ2) is 6.61. The van der Waals surface area contributed by atoms with Gasteiger partial charge in [0.05, 0.1) is 18.9 Å². The van der Waals surface area contributed by atoms with Crippen molar-refractivity contribution in [1.29, 1.82) is 0 Å². The molecular weight excluding hydrogens is 268 g/mol. The van der Waals surface area contributed by atoms with E-state index < -0.39 is 0 Å². The minimum Gasteiger partial charge on any atom is -0.496 e. The first kappa shape index (κ1) is 15.4. The van der Waals surface area contributed by atoms with Crippen LogP contribution in [-0.2, 0) is 16.1 Å². The van der Waals surface area contributed by atoms with Gasteiger partial charge in [0.25, 0.3) is 0 Å². The van der Waals surface area contributed by atoms with Crippen molar-refractivity contribution in [2.75, 3.05) is 7.11 Å². The van der Waals surface area contributed by atoms with Gasteiger partial charge in [0.15, 0.2) is 0 Å². The highest BCUT2D eigenvalue weighted by Crippen LogP contribution is 2.38. The van der Waals surface area contributed by atoms with E-state index in [1.54, 1.807) is 7.11 Å². The molecule has 0 saturated heterocycles. The highest BCUT2D eigenvalue weighted by Gasteiger charge is 2.47. The molecule has 5 heteroatoms. The summed E-state index contributed by atoms with van der Waals surface area (Å²) < 4.78 is 5.24.